The van der Waals surface area contributed by atoms with E-state index in [1.165, 1.54) is 5.56 Å². The lowest BCUT2D eigenvalue weighted by molar-refractivity contribution is 0.592. The molecule has 0 aliphatic heterocycles. The van der Waals surface area contributed by atoms with Crippen molar-refractivity contribution in [2.24, 2.45) is 0 Å². The van der Waals surface area contributed by atoms with E-state index >= 15 is 0 Å². The topological polar surface area (TPSA) is 62.7 Å². The largest absolute Gasteiger partial charge is 0.348 e. The molecule has 1 aromatic heterocycles. The van der Waals surface area contributed by atoms with E-state index in [0.717, 1.165) is 5.69 Å². The third-order valence-electron chi connectivity index (χ3n) is 3.04. The van der Waals surface area contributed by atoms with E-state index in [9.17, 15) is 0 Å². The van der Waals surface area contributed by atoms with Crippen molar-refractivity contribution >= 4 is 17.5 Å². The van der Waals surface area contributed by atoms with Crippen LogP contribution in [-0.4, -0.2) is 20.7 Å². The van der Waals surface area contributed by atoms with Gasteiger partial charge in [-0.15, -0.1) is 5.10 Å². The SMILES string of the molecule is CC(C)(C)Nc1nncc(Nc2ccccc2C(C)(C)C)n1. The summed E-state index contributed by atoms with van der Waals surface area (Å²) < 4.78 is 0. The van der Waals surface area contributed by atoms with Gasteiger partial charge >= 0.3 is 0 Å². The van der Waals surface area contributed by atoms with Crippen molar-refractivity contribution in [2.75, 3.05) is 10.6 Å². The van der Waals surface area contributed by atoms with Gasteiger partial charge in [-0.05, 0) is 37.8 Å². The Bertz CT molecular complexity index is 638. The molecule has 0 saturated heterocycles. The molecule has 0 atom stereocenters. The van der Waals surface area contributed by atoms with Crippen molar-refractivity contribution in [2.45, 2.75) is 52.5 Å². The molecular formula is C17H25N5. The number of nitrogens with zero attached hydrogens (tertiary/aromatic N) is 3. The van der Waals surface area contributed by atoms with E-state index in [2.05, 4.69) is 85.6 Å². The van der Waals surface area contributed by atoms with Gasteiger partial charge in [-0.3, -0.25) is 0 Å². The summed E-state index contributed by atoms with van der Waals surface area (Å²) in [6.45, 7) is 12.8. The van der Waals surface area contributed by atoms with Gasteiger partial charge in [0.15, 0.2) is 5.82 Å². The molecule has 0 bridgehead atoms. The summed E-state index contributed by atoms with van der Waals surface area (Å²) in [4.78, 5) is 4.48. The van der Waals surface area contributed by atoms with Gasteiger partial charge in [-0.25, -0.2) is 0 Å². The summed E-state index contributed by atoms with van der Waals surface area (Å²) >= 11 is 0. The first-order valence-corrected chi connectivity index (χ1v) is 7.50. The maximum Gasteiger partial charge on any atom is 0.245 e. The highest BCUT2D eigenvalue weighted by Crippen LogP contribution is 2.30. The van der Waals surface area contributed by atoms with Crippen molar-refractivity contribution in [3.05, 3.63) is 36.0 Å². The molecule has 0 aliphatic carbocycles. The zero-order valence-electron chi connectivity index (χ0n) is 14.2. The van der Waals surface area contributed by atoms with E-state index in [-0.39, 0.29) is 11.0 Å². The van der Waals surface area contributed by atoms with Gasteiger partial charge in [0.1, 0.15) is 0 Å². The molecule has 2 N–H and O–H groups in total. The van der Waals surface area contributed by atoms with E-state index < -0.39 is 0 Å². The zero-order valence-corrected chi connectivity index (χ0v) is 14.2. The molecule has 0 amide bonds. The molecule has 5 nitrogen and oxygen atoms in total. The third kappa shape index (κ3) is 4.41. The number of anilines is 3. The van der Waals surface area contributed by atoms with Crippen LogP contribution in [0.5, 0.6) is 0 Å². The van der Waals surface area contributed by atoms with Crippen LogP contribution in [-0.2, 0) is 5.41 Å². The maximum absolute atomic E-state index is 4.48. The quantitative estimate of drug-likeness (QED) is 0.892. The predicted molar refractivity (Wildman–Crippen MR) is 91.6 cm³/mol. The van der Waals surface area contributed by atoms with Crippen LogP contribution in [0.2, 0.25) is 0 Å². The predicted octanol–water partition coefficient (Wildman–Crippen LogP) is 4.12. The first-order chi connectivity index (χ1) is 10.1. The second kappa shape index (κ2) is 5.91. The molecule has 118 valence electrons. The van der Waals surface area contributed by atoms with Crippen LogP contribution in [0.25, 0.3) is 0 Å². The minimum Gasteiger partial charge on any atom is -0.348 e. The van der Waals surface area contributed by atoms with Gasteiger partial charge < -0.3 is 10.6 Å². The van der Waals surface area contributed by atoms with Gasteiger partial charge in [-0.1, -0.05) is 39.0 Å². The monoisotopic (exact) mass is 299 g/mol. The van der Waals surface area contributed by atoms with E-state index in [1.807, 2.05) is 6.07 Å². The Morgan fingerprint density at radius 3 is 2.27 bits per heavy atom. The molecule has 2 rings (SSSR count). The minimum absolute atomic E-state index is 0.0521. The molecule has 0 aliphatic rings. The Morgan fingerprint density at radius 2 is 1.64 bits per heavy atom. The van der Waals surface area contributed by atoms with Crippen LogP contribution < -0.4 is 10.6 Å². The molecule has 2 aromatic rings. The molecule has 0 spiro atoms. The normalized spacial score (nSPS) is 12.1. The standard InChI is InChI=1S/C17H25N5/c1-16(2,3)12-9-7-8-10-13(12)19-14-11-18-22-15(20-14)21-17(4,5)6/h7-11H,1-6H3,(H2,19,20,21,22). The highest BCUT2D eigenvalue weighted by atomic mass is 15.3. The zero-order chi connectivity index (χ0) is 16.4. The summed E-state index contributed by atoms with van der Waals surface area (Å²) in [5.41, 5.74) is 2.22. The smallest absolute Gasteiger partial charge is 0.245 e. The lowest BCUT2D eigenvalue weighted by Crippen LogP contribution is -2.27. The van der Waals surface area contributed by atoms with Crippen molar-refractivity contribution in [3.8, 4) is 0 Å². The van der Waals surface area contributed by atoms with E-state index in [1.54, 1.807) is 6.20 Å². The van der Waals surface area contributed by atoms with Gasteiger partial charge in [0.2, 0.25) is 5.95 Å². The van der Waals surface area contributed by atoms with Gasteiger partial charge in [0.25, 0.3) is 0 Å². The summed E-state index contributed by atoms with van der Waals surface area (Å²) in [6, 6.07) is 8.25. The molecule has 22 heavy (non-hydrogen) atoms. The highest BCUT2D eigenvalue weighted by molar-refractivity contribution is 5.62. The molecule has 5 heteroatoms. The van der Waals surface area contributed by atoms with Gasteiger partial charge in [0.05, 0.1) is 6.20 Å². The van der Waals surface area contributed by atoms with E-state index in [0.29, 0.717) is 11.8 Å². The first kappa shape index (κ1) is 16.2. The number of aromatic nitrogens is 3. The van der Waals surface area contributed by atoms with Crippen LogP contribution in [0.1, 0.15) is 47.1 Å². The van der Waals surface area contributed by atoms with Crippen LogP contribution in [0.15, 0.2) is 30.5 Å². The Morgan fingerprint density at radius 1 is 0.955 bits per heavy atom. The second-order valence-corrected chi connectivity index (χ2v) is 7.46. The third-order valence-corrected chi connectivity index (χ3v) is 3.04. The summed E-state index contributed by atoms with van der Waals surface area (Å²) in [5, 5.41) is 14.6. The van der Waals surface area contributed by atoms with E-state index in [4.69, 9.17) is 0 Å². The van der Waals surface area contributed by atoms with Crippen molar-refractivity contribution in [1.82, 2.24) is 15.2 Å². The Balaban J connectivity index is 2.27. The van der Waals surface area contributed by atoms with Crippen LogP contribution >= 0.6 is 0 Å². The Labute approximate surface area is 132 Å². The maximum atomic E-state index is 4.48. The summed E-state index contributed by atoms with van der Waals surface area (Å²) in [7, 11) is 0. The number of para-hydroxylation sites is 1. The fourth-order valence-corrected chi connectivity index (χ4v) is 2.14. The Hall–Kier alpha value is -2.17. The molecular weight excluding hydrogens is 274 g/mol. The lowest BCUT2D eigenvalue weighted by atomic mass is 9.86. The summed E-state index contributed by atoms with van der Waals surface area (Å²) in [6.07, 6.45) is 1.63. The number of nitrogens with one attached hydrogen (secondary N) is 2. The van der Waals surface area contributed by atoms with Gasteiger partial charge in [0, 0.05) is 11.2 Å². The lowest BCUT2D eigenvalue weighted by Gasteiger charge is -2.23. The second-order valence-electron chi connectivity index (χ2n) is 7.46. The fourth-order valence-electron chi connectivity index (χ4n) is 2.14. The Kier molecular flexibility index (Phi) is 4.35. The fraction of sp³-hybridized carbons (Fsp3) is 0.471. The highest BCUT2D eigenvalue weighted by Gasteiger charge is 2.18. The van der Waals surface area contributed by atoms with Crippen LogP contribution in [0.4, 0.5) is 17.5 Å². The average Bonchev–Trinajstić information content (AvgIpc) is 2.36. The van der Waals surface area contributed by atoms with Gasteiger partial charge in [-0.2, -0.15) is 10.1 Å². The molecule has 0 unspecified atom stereocenters. The molecule has 0 saturated carbocycles. The van der Waals surface area contributed by atoms with Crippen LogP contribution in [0.3, 0.4) is 0 Å². The van der Waals surface area contributed by atoms with Crippen molar-refractivity contribution < 1.29 is 0 Å². The number of hydrogen-bond donors (Lipinski definition) is 2. The molecule has 0 fully saturated rings. The number of benzene rings is 1. The number of rotatable bonds is 3. The number of hydrogen-bond acceptors (Lipinski definition) is 5. The first-order valence-electron chi connectivity index (χ1n) is 7.50. The average molecular weight is 299 g/mol. The van der Waals surface area contributed by atoms with Crippen molar-refractivity contribution in [3.63, 3.8) is 0 Å². The molecule has 1 aromatic carbocycles. The van der Waals surface area contributed by atoms with Crippen LogP contribution in [0, 0.1) is 0 Å². The summed E-state index contributed by atoms with van der Waals surface area (Å²) in [5.74, 6) is 1.20. The molecule has 0 radical (unpaired) electrons. The molecule has 1 heterocycles. The van der Waals surface area contributed by atoms with Crippen molar-refractivity contribution in [1.29, 1.82) is 0 Å². The minimum atomic E-state index is -0.108.